The van der Waals surface area contributed by atoms with Crippen molar-refractivity contribution in [2.24, 2.45) is 4.99 Å². The summed E-state index contributed by atoms with van der Waals surface area (Å²) >= 11 is 0. The first-order valence-electron chi connectivity index (χ1n) is 10.2. The maximum atomic E-state index is 12.8. The highest BCUT2D eigenvalue weighted by molar-refractivity contribution is 6.10. The summed E-state index contributed by atoms with van der Waals surface area (Å²) in [6, 6.07) is 15.2. The molecule has 2 aromatic rings. The van der Waals surface area contributed by atoms with Crippen LogP contribution in [0.4, 0.5) is 5.69 Å². The maximum absolute atomic E-state index is 12.8. The lowest BCUT2D eigenvalue weighted by atomic mass is 10.1. The van der Waals surface area contributed by atoms with Crippen molar-refractivity contribution in [3.8, 4) is 5.75 Å². The number of rotatable bonds is 7. The van der Waals surface area contributed by atoms with Crippen molar-refractivity contribution >= 4 is 17.6 Å². The molecule has 1 unspecified atom stereocenters. The van der Waals surface area contributed by atoms with Gasteiger partial charge in [0.05, 0.1) is 24.9 Å². The Morgan fingerprint density at radius 1 is 1.17 bits per heavy atom. The van der Waals surface area contributed by atoms with E-state index >= 15 is 0 Å². The van der Waals surface area contributed by atoms with Crippen molar-refractivity contribution in [3.63, 3.8) is 0 Å². The fourth-order valence-electron chi connectivity index (χ4n) is 3.14. The van der Waals surface area contributed by atoms with E-state index in [4.69, 9.17) is 9.47 Å². The first kappa shape index (κ1) is 20.9. The summed E-state index contributed by atoms with van der Waals surface area (Å²) in [5.74, 6) is 0.888. The molecular formula is C23H29N3O3. The van der Waals surface area contributed by atoms with Crippen molar-refractivity contribution in [1.29, 1.82) is 0 Å². The number of para-hydroxylation sites is 2. The molecule has 29 heavy (non-hydrogen) atoms. The summed E-state index contributed by atoms with van der Waals surface area (Å²) in [6.07, 6.45) is 3.06. The van der Waals surface area contributed by atoms with Gasteiger partial charge >= 0.3 is 0 Å². The number of amides is 1. The number of benzene rings is 2. The van der Waals surface area contributed by atoms with E-state index in [1.807, 2.05) is 55.5 Å². The van der Waals surface area contributed by atoms with Crippen molar-refractivity contribution in [1.82, 2.24) is 5.32 Å². The Labute approximate surface area is 172 Å². The lowest BCUT2D eigenvalue weighted by Crippen LogP contribution is -2.37. The van der Waals surface area contributed by atoms with Crippen molar-refractivity contribution < 1.29 is 14.3 Å². The van der Waals surface area contributed by atoms with E-state index in [1.165, 1.54) is 5.56 Å². The van der Waals surface area contributed by atoms with Crippen molar-refractivity contribution in [2.45, 2.75) is 39.2 Å². The number of hydrogen-bond donors (Lipinski definition) is 2. The highest BCUT2D eigenvalue weighted by atomic mass is 16.5. The van der Waals surface area contributed by atoms with Crippen LogP contribution in [0, 0.1) is 0 Å². The molecule has 3 rings (SSSR count). The normalized spacial score (nSPS) is 16.5. The Morgan fingerprint density at radius 2 is 1.97 bits per heavy atom. The quantitative estimate of drug-likeness (QED) is 0.549. The summed E-state index contributed by atoms with van der Waals surface area (Å²) < 4.78 is 11.3. The first-order chi connectivity index (χ1) is 14.2. The summed E-state index contributed by atoms with van der Waals surface area (Å²) in [4.78, 5) is 17.4. The summed E-state index contributed by atoms with van der Waals surface area (Å²) in [5.41, 5.74) is 2.53. The lowest BCUT2D eigenvalue weighted by Gasteiger charge is -2.16. The molecule has 1 aliphatic heterocycles. The molecule has 6 heteroatoms. The molecule has 6 nitrogen and oxygen atoms in total. The Morgan fingerprint density at radius 3 is 2.66 bits per heavy atom. The molecule has 0 aromatic heterocycles. The molecule has 0 radical (unpaired) electrons. The Bertz CT molecular complexity index is 828. The van der Waals surface area contributed by atoms with E-state index in [2.05, 4.69) is 22.5 Å². The molecule has 0 spiro atoms. The third-order valence-corrected chi connectivity index (χ3v) is 4.77. The van der Waals surface area contributed by atoms with Crippen LogP contribution in [0.15, 0.2) is 53.5 Å². The predicted octanol–water partition coefficient (Wildman–Crippen LogP) is 4.02. The predicted molar refractivity (Wildman–Crippen MR) is 116 cm³/mol. The van der Waals surface area contributed by atoms with Crippen LogP contribution in [-0.4, -0.2) is 37.7 Å². The molecule has 154 valence electrons. The number of aryl methyl sites for hydroxylation is 1. The molecule has 1 aliphatic rings. The fraction of sp³-hybridized carbons (Fsp3) is 0.391. The molecule has 0 bridgehead atoms. The van der Waals surface area contributed by atoms with Gasteiger partial charge in [-0.05, 0) is 56.0 Å². The molecule has 1 atom stereocenters. The largest absolute Gasteiger partial charge is 0.492 e. The number of aliphatic imine (C=N–C) groups is 1. The molecule has 1 fully saturated rings. The van der Waals surface area contributed by atoms with Gasteiger partial charge in [-0.3, -0.25) is 10.1 Å². The van der Waals surface area contributed by atoms with Gasteiger partial charge in [-0.25, -0.2) is 4.99 Å². The van der Waals surface area contributed by atoms with Crippen LogP contribution in [0.5, 0.6) is 5.75 Å². The van der Waals surface area contributed by atoms with E-state index in [9.17, 15) is 4.79 Å². The smallest absolute Gasteiger partial charge is 0.257 e. The van der Waals surface area contributed by atoms with Crippen LogP contribution >= 0.6 is 0 Å². The van der Waals surface area contributed by atoms with Gasteiger partial charge in [-0.1, -0.05) is 31.2 Å². The standard InChI is InChI=1S/C23H29N3O3/c1-3-17-11-13-18(14-12-17)22(27)26-23(24-16-19-8-7-15-29-19)25-20-9-5-6-10-21(20)28-4-2/h5-6,9-14,19H,3-4,7-8,15-16H2,1-2H3,(H2,24,25,26,27). The van der Waals surface area contributed by atoms with E-state index in [0.29, 0.717) is 30.4 Å². The number of carbonyl (C=O) groups excluding carboxylic acids is 1. The van der Waals surface area contributed by atoms with Crippen LogP contribution in [0.2, 0.25) is 0 Å². The van der Waals surface area contributed by atoms with E-state index in [-0.39, 0.29) is 12.0 Å². The fourth-order valence-corrected chi connectivity index (χ4v) is 3.14. The highest BCUT2D eigenvalue weighted by Gasteiger charge is 2.16. The molecule has 1 amide bonds. The van der Waals surface area contributed by atoms with Crippen molar-refractivity contribution in [2.75, 3.05) is 25.1 Å². The average Bonchev–Trinajstić information content (AvgIpc) is 3.27. The van der Waals surface area contributed by atoms with Crippen molar-refractivity contribution in [3.05, 3.63) is 59.7 Å². The average molecular weight is 396 g/mol. The number of nitrogens with zero attached hydrogens (tertiary/aromatic N) is 1. The number of guanidine groups is 1. The number of anilines is 1. The minimum Gasteiger partial charge on any atom is -0.492 e. The maximum Gasteiger partial charge on any atom is 0.257 e. The summed E-state index contributed by atoms with van der Waals surface area (Å²) in [5, 5.41) is 6.12. The van der Waals surface area contributed by atoms with Gasteiger partial charge in [0.25, 0.3) is 5.91 Å². The minimum absolute atomic E-state index is 0.0923. The van der Waals surface area contributed by atoms with Gasteiger partial charge in [0, 0.05) is 12.2 Å². The second-order valence-corrected chi connectivity index (χ2v) is 6.88. The number of ether oxygens (including phenoxy) is 2. The Hall–Kier alpha value is -2.86. The third kappa shape index (κ3) is 6.06. The second kappa shape index (κ2) is 10.6. The van der Waals surface area contributed by atoms with Gasteiger partial charge < -0.3 is 14.8 Å². The number of carbonyl (C=O) groups is 1. The van der Waals surface area contributed by atoms with Crippen LogP contribution in [-0.2, 0) is 11.2 Å². The second-order valence-electron chi connectivity index (χ2n) is 6.88. The zero-order valence-electron chi connectivity index (χ0n) is 17.1. The molecule has 0 saturated carbocycles. The van der Waals surface area contributed by atoms with E-state index in [1.54, 1.807) is 0 Å². The minimum atomic E-state index is -0.208. The first-order valence-corrected chi connectivity index (χ1v) is 10.2. The van der Waals surface area contributed by atoms with Crippen LogP contribution in [0.1, 0.15) is 42.6 Å². The molecule has 1 saturated heterocycles. The number of hydrogen-bond acceptors (Lipinski definition) is 4. The lowest BCUT2D eigenvalue weighted by molar-refractivity contribution is 0.0975. The third-order valence-electron chi connectivity index (χ3n) is 4.77. The molecule has 1 heterocycles. The van der Waals surface area contributed by atoms with Crippen LogP contribution < -0.4 is 15.4 Å². The summed E-state index contributed by atoms with van der Waals surface area (Å²) in [7, 11) is 0. The Kier molecular flexibility index (Phi) is 7.64. The zero-order valence-corrected chi connectivity index (χ0v) is 17.1. The van der Waals surface area contributed by atoms with Crippen LogP contribution in [0.3, 0.4) is 0 Å². The van der Waals surface area contributed by atoms with E-state index < -0.39 is 0 Å². The van der Waals surface area contributed by atoms with Gasteiger partial charge in [0.1, 0.15) is 5.75 Å². The monoisotopic (exact) mass is 395 g/mol. The molecular weight excluding hydrogens is 366 g/mol. The van der Waals surface area contributed by atoms with Gasteiger partial charge in [-0.2, -0.15) is 0 Å². The number of nitrogens with one attached hydrogen (secondary N) is 2. The van der Waals surface area contributed by atoms with Gasteiger partial charge in [-0.15, -0.1) is 0 Å². The Balaban J connectivity index is 1.76. The summed E-state index contributed by atoms with van der Waals surface area (Å²) in [6.45, 7) is 5.84. The molecule has 2 N–H and O–H groups in total. The highest BCUT2D eigenvalue weighted by Crippen LogP contribution is 2.23. The van der Waals surface area contributed by atoms with Gasteiger partial charge in [0.2, 0.25) is 5.96 Å². The molecule has 0 aliphatic carbocycles. The SMILES string of the molecule is CCOc1ccccc1NC(=NCC1CCCO1)NC(=O)c1ccc(CC)cc1. The molecule has 2 aromatic carbocycles. The van der Waals surface area contributed by atoms with Gasteiger partial charge in [0.15, 0.2) is 0 Å². The topological polar surface area (TPSA) is 71.9 Å². The van der Waals surface area contributed by atoms with E-state index in [0.717, 1.165) is 31.6 Å². The zero-order chi connectivity index (χ0) is 20.5. The van der Waals surface area contributed by atoms with Crippen LogP contribution in [0.25, 0.3) is 0 Å².